The molecule has 0 bridgehead atoms. The van der Waals surface area contributed by atoms with Crippen molar-refractivity contribution in [3.63, 3.8) is 0 Å². The van der Waals surface area contributed by atoms with Gasteiger partial charge < -0.3 is 43.4 Å². The molecule has 1 aromatic heterocycles. The van der Waals surface area contributed by atoms with Crippen LogP contribution in [0.4, 0.5) is 0 Å². The maximum atomic E-state index is 13.6. The minimum Gasteiger partial charge on any atom is -0.508 e. The first kappa shape index (κ1) is 31.5. The SMILES string of the molecule is COc1cc2c(cc1OC)C1C(=O)c3c(O)cc4c(c3OC1CO2)C=CC(C)(C)O4.O=c1cc(-c2ccccc2)oc2cc(O)cc(O)c12. The monoisotopic (exact) mass is 664 g/mol. The summed E-state index contributed by atoms with van der Waals surface area (Å²) in [5.41, 5.74) is 1.49. The van der Waals surface area contributed by atoms with Crippen LogP contribution in [0, 0.1) is 0 Å². The number of aromatic hydroxyl groups is 3. The first-order valence-electron chi connectivity index (χ1n) is 15.4. The number of fused-ring (bicyclic) bond motifs is 7. The van der Waals surface area contributed by atoms with Crippen LogP contribution >= 0.6 is 0 Å². The van der Waals surface area contributed by atoms with Crippen molar-refractivity contribution in [1.29, 1.82) is 0 Å². The van der Waals surface area contributed by atoms with Crippen LogP contribution < -0.4 is 29.1 Å². The van der Waals surface area contributed by atoms with Gasteiger partial charge in [0.05, 0.1) is 25.7 Å². The molecular weight excluding hydrogens is 632 g/mol. The molecule has 0 aliphatic carbocycles. The second kappa shape index (κ2) is 11.9. The summed E-state index contributed by atoms with van der Waals surface area (Å²) in [4.78, 5) is 25.6. The zero-order chi connectivity index (χ0) is 34.6. The van der Waals surface area contributed by atoms with Crippen molar-refractivity contribution < 1.29 is 48.2 Å². The maximum absolute atomic E-state index is 13.6. The largest absolute Gasteiger partial charge is 0.508 e. The zero-order valence-electron chi connectivity index (χ0n) is 27.0. The van der Waals surface area contributed by atoms with Crippen molar-refractivity contribution in [2.75, 3.05) is 20.8 Å². The van der Waals surface area contributed by atoms with E-state index in [0.29, 0.717) is 45.6 Å². The maximum Gasteiger partial charge on any atom is 0.197 e. The van der Waals surface area contributed by atoms with E-state index in [1.54, 1.807) is 19.2 Å². The lowest BCUT2D eigenvalue weighted by molar-refractivity contribution is 0.0547. The van der Waals surface area contributed by atoms with Crippen LogP contribution in [0.25, 0.3) is 28.4 Å². The third-order valence-electron chi connectivity index (χ3n) is 8.56. The number of phenolic OH excluding ortho intramolecular Hbond substituents is 3. The van der Waals surface area contributed by atoms with Gasteiger partial charge in [0.25, 0.3) is 0 Å². The molecule has 3 aliphatic heterocycles. The van der Waals surface area contributed by atoms with Crippen LogP contribution in [0.2, 0.25) is 0 Å². The average Bonchev–Trinajstić information content (AvgIpc) is 3.07. The van der Waals surface area contributed by atoms with Gasteiger partial charge >= 0.3 is 0 Å². The summed E-state index contributed by atoms with van der Waals surface area (Å²) >= 11 is 0. The number of carbonyl (C=O) groups excluding carboxylic acids is 1. The van der Waals surface area contributed by atoms with Gasteiger partial charge in [-0.25, -0.2) is 0 Å². The predicted octanol–water partition coefficient (Wildman–Crippen LogP) is 6.58. The van der Waals surface area contributed by atoms with Gasteiger partial charge in [-0.3, -0.25) is 9.59 Å². The lowest BCUT2D eigenvalue weighted by Crippen LogP contribution is -2.43. The fourth-order valence-corrected chi connectivity index (χ4v) is 6.27. The Labute approximate surface area is 280 Å². The molecule has 0 fully saturated rings. The number of rotatable bonds is 3. The first-order chi connectivity index (χ1) is 23.5. The molecule has 2 unspecified atom stereocenters. The number of phenols is 3. The van der Waals surface area contributed by atoms with Crippen LogP contribution in [-0.4, -0.2) is 53.6 Å². The Hall–Kier alpha value is -6.10. The van der Waals surface area contributed by atoms with Crippen molar-refractivity contribution >= 4 is 22.8 Å². The van der Waals surface area contributed by atoms with E-state index in [1.165, 1.54) is 25.3 Å². The molecule has 0 spiro atoms. The van der Waals surface area contributed by atoms with Crippen molar-refractivity contribution in [2.45, 2.75) is 31.5 Å². The lowest BCUT2D eigenvalue weighted by Gasteiger charge is -2.39. The number of hydrogen-bond donors (Lipinski definition) is 3. The molecule has 0 saturated heterocycles. The van der Waals surface area contributed by atoms with Gasteiger partial charge in [-0.1, -0.05) is 30.3 Å². The molecule has 5 aromatic rings. The highest BCUT2D eigenvalue weighted by molar-refractivity contribution is 6.08. The summed E-state index contributed by atoms with van der Waals surface area (Å²) in [5, 5.41) is 29.9. The quantitative estimate of drug-likeness (QED) is 0.192. The van der Waals surface area contributed by atoms with Gasteiger partial charge in [0.1, 0.15) is 75.1 Å². The summed E-state index contributed by atoms with van der Waals surface area (Å²) in [5.74, 6) is 1.29. The van der Waals surface area contributed by atoms with Gasteiger partial charge in [-0.05, 0) is 32.1 Å². The number of hydrogen-bond acceptors (Lipinski definition) is 11. The van der Waals surface area contributed by atoms with E-state index < -0.39 is 17.6 Å². The van der Waals surface area contributed by atoms with E-state index in [0.717, 1.165) is 11.6 Å². The van der Waals surface area contributed by atoms with Gasteiger partial charge in [0, 0.05) is 41.5 Å². The highest BCUT2D eigenvalue weighted by Gasteiger charge is 2.46. The average molecular weight is 665 g/mol. The number of carbonyl (C=O) groups is 1. The summed E-state index contributed by atoms with van der Waals surface area (Å²) < 4.78 is 34.4. The highest BCUT2D eigenvalue weighted by atomic mass is 16.5. The first-order valence-corrected chi connectivity index (χ1v) is 15.4. The molecule has 0 amide bonds. The summed E-state index contributed by atoms with van der Waals surface area (Å²) in [6.45, 7) is 4.02. The molecule has 49 heavy (non-hydrogen) atoms. The number of ketones is 1. The Kier molecular flexibility index (Phi) is 7.62. The fourth-order valence-electron chi connectivity index (χ4n) is 6.27. The Bertz CT molecular complexity index is 2220. The molecule has 0 radical (unpaired) electrons. The van der Waals surface area contributed by atoms with E-state index in [2.05, 4.69) is 0 Å². The minimum absolute atomic E-state index is 0.0671. The molecule has 3 aliphatic rings. The Morgan fingerprint density at radius 1 is 0.857 bits per heavy atom. The van der Waals surface area contributed by atoms with Crippen LogP contribution in [0.3, 0.4) is 0 Å². The summed E-state index contributed by atoms with van der Waals surface area (Å²) in [6.07, 6.45) is 3.23. The summed E-state index contributed by atoms with van der Waals surface area (Å²) in [6, 6.07) is 17.8. The van der Waals surface area contributed by atoms with Crippen molar-refractivity contribution in [2.24, 2.45) is 0 Å². The van der Waals surface area contributed by atoms with Gasteiger partial charge in [0.15, 0.2) is 22.7 Å². The van der Waals surface area contributed by atoms with Crippen LogP contribution in [-0.2, 0) is 0 Å². The number of benzene rings is 4. The Morgan fingerprint density at radius 3 is 2.33 bits per heavy atom. The third kappa shape index (κ3) is 5.52. The minimum atomic E-state index is -0.630. The standard InChI is InChI=1S/C23H22O7.C15H10O4/c1-23(2)6-5-11-15(30-23)8-13(24)20-21(25)19-12-7-16(26-3)17(27-4)9-14(12)28-10-18(19)29-22(11)20;16-10-6-11(17)15-12(18)8-13(19-14(15)7-10)9-4-2-1-3-5-9/h5-9,18-19,24H,10H2,1-4H3;1-8,16-17H. The molecule has 4 heterocycles. The number of methoxy groups -OCH3 is 2. The molecule has 2 atom stereocenters. The van der Waals surface area contributed by atoms with Crippen LogP contribution in [0.15, 0.2) is 82.0 Å². The van der Waals surface area contributed by atoms with Crippen LogP contribution in [0.1, 0.15) is 41.3 Å². The second-order valence-corrected chi connectivity index (χ2v) is 12.3. The highest BCUT2D eigenvalue weighted by Crippen LogP contribution is 2.52. The van der Waals surface area contributed by atoms with Gasteiger partial charge in [-0.2, -0.15) is 0 Å². The number of ether oxygens (including phenoxy) is 5. The van der Waals surface area contributed by atoms with Gasteiger partial charge in [-0.15, -0.1) is 0 Å². The van der Waals surface area contributed by atoms with Crippen molar-refractivity contribution in [3.05, 3.63) is 99.7 Å². The zero-order valence-corrected chi connectivity index (χ0v) is 27.0. The van der Waals surface area contributed by atoms with E-state index in [9.17, 15) is 24.9 Å². The van der Waals surface area contributed by atoms with Gasteiger partial charge in [0.2, 0.25) is 0 Å². The van der Waals surface area contributed by atoms with Crippen LogP contribution in [0.5, 0.6) is 46.0 Å². The topological polar surface area (TPSA) is 154 Å². The third-order valence-corrected chi connectivity index (χ3v) is 8.56. The molecule has 0 saturated carbocycles. The lowest BCUT2D eigenvalue weighted by atomic mass is 9.80. The molecule has 250 valence electrons. The normalized spacial score (nSPS) is 17.8. The number of Topliss-reactive ketones (excluding diaryl/α,β-unsaturated/α-hetero) is 1. The Morgan fingerprint density at radius 2 is 1.59 bits per heavy atom. The molecule has 3 N–H and O–H groups in total. The Balaban J connectivity index is 0.000000171. The molecule has 8 rings (SSSR count). The smallest absolute Gasteiger partial charge is 0.197 e. The van der Waals surface area contributed by atoms with E-state index >= 15 is 0 Å². The molecule has 11 heteroatoms. The predicted molar refractivity (Wildman–Crippen MR) is 180 cm³/mol. The second-order valence-electron chi connectivity index (χ2n) is 12.3. The van der Waals surface area contributed by atoms with Crippen molar-refractivity contribution in [1.82, 2.24) is 0 Å². The van der Waals surface area contributed by atoms with E-state index in [4.69, 9.17) is 28.1 Å². The molecule has 4 aromatic carbocycles. The van der Waals surface area contributed by atoms with E-state index in [1.807, 2.05) is 56.3 Å². The van der Waals surface area contributed by atoms with Crippen molar-refractivity contribution in [3.8, 4) is 57.3 Å². The fraction of sp³-hybridized carbons (Fsp3) is 0.211. The van der Waals surface area contributed by atoms with E-state index in [-0.39, 0.29) is 51.6 Å². The molecular formula is C38H32O11. The summed E-state index contributed by atoms with van der Waals surface area (Å²) in [7, 11) is 3.07. The molecule has 11 nitrogen and oxygen atoms in total.